The predicted molar refractivity (Wildman–Crippen MR) is 76.2 cm³/mol. The average molecular weight is 322 g/mol. The first-order chi connectivity index (χ1) is 9.82. The Balaban J connectivity index is 2.25. The standard InChI is InChI=1S/C14H21F3N2OS/c1-4-20-11(9-5-6-9)13-19-12(14(15,16)17)10(21-13)7-18-8(2)3/h8-9,11,18H,4-7H2,1-3H3. The summed E-state index contributed by atoms with van der Waals surface area (Å²) >= 11 is 1.13. The number of thiazole rings is 1. The molecule has 0 amide bonds. The molecule has 0 spiro atoms. The fourth-order valence-corrected chi connectivity index (χ4v) is 3.30. The van der Waals surface area contributed by atoms with E-state index in [1.54, 1.807) is 0 Å². The highest BCUT2D eigenvalue weighted by atomic mass is 32.1. The van der Waals surface area contributed by atoms with Gasteiger partial charge in [0, 0.05) is 19.2 Å². The van der Waals surface area contributed by atoms with Gasteiger partial charge >= 0.3 is 6.18 Å². The molecule has 1 aromatic rings. The molecule has 1 aliphatic rings. The number of alkyl halides is 3. The Morgan fingerprint density at radius 2 is 2.05 bits per heavy atom. The Kier molecular flexibility index (Phi) is 5.27. The molecule has 0 radical (unpaired) electrons. The van der Waals surface area contributed by atoms with Crippen LogP contribution in [0.2, 0.25) is 0 Å². The maximum Gasteiger partial charge on any atom is 0.434 e. The van der Waals surface area contributed by atoms with Gasteiger partial charge < -0.3 is 10.1 Å². The van der Waals surface area contributed by atoms with E-state index >= 15 is 0 Å². The fraction of sp³-hybridized carbons (Fsp3) is 0.786. The largest absolute Gasteiger partial charge is 0.434 e. The molecule has 2 rings (SSSR count). The van der Waals surface area contributed by atoms with Crippen molar-refractivity contribution in [1.29, 1.82) is 0 Å². The van der Waals surface area contributed by atoms with Gasteiger partial charge in [-0.25, -0.2) is 4.98 Å². The zero-order valence-electron chi connectivity index (χ0n) is 12.5. The van der Waals surface area contributed by atoms with E-state index in [9.17, 15) is 13.2 Å². The number of hydrogen-bond acceptors (Lipinski definition) is 4. The Hall–Kier alpha value is -0.660. The fourth-order valence-electron chi connectivity index (χ4n) is 2.12. The molecule has 1 unspecified atom stereocenters. The molecule has 0 aliphatic heterocycles. The molecule has 1 saturated carbocycles. The van der Waals surface area contributed by atoms with E-state index < -0.39 is 11.9 Å². The van der Waals surface area contributed by atoms with Crippen LogP contribution in [0.4, 0.5) is 13.2 Å². The summed E-state index contributed by atoms with van der Waals surface area (Å²) in [6, 6.07) is 0.128. The number of rotatable bonds is 7. The highest BCUT2D eigenvalue weighted by Crippen LogP contribution is 2.46. The second kappa shape index (κ2) is 6.62. The second-order valence-corrected chi connectivity index (χ2v) is 6.69. The summed E-state index contributed by atoms with van der Waals surface area (Å²) in [7, 11) is 0. The van der Waals surface area contributed by atoms with Crippen LogP contribution in [0.1, 0.15) is 55.3 Å². The van der Waals surface area contributed by atoms with Gasteiger partial charge in [-0.1, -0.05) is 13.8 Å². The van der Waals surface area contributed by atoms with Gasteiger partial charge in [0.15, 0.2) is 5.69 Å². The number of nitrogens with zero attached hydrogens (tertiary/aromatic N) is 1. The first kappa shape index (κ1) is 16.7. The van der Waals surface area contributed by atoms with Crippen LogP contribution in [0, 0.1) is 5.92 Å². The molecule has 1 aliphatic carbocycles. The number of nitrogens with one attached hydrogen (secondary N) is 1. The minimum Gasteiger partial charge on any atom is -0.371 e. The molecule has 3 nitrogen and oxygen atoms in total. The van der Waals surface area contributed by atoms with E-state index in [1.807, 2.05) is 20.8 Å². The SMILES string of the molecule is CCOC(c1nc(C(F)(F)F)c(CNC(C)C)s1)C1CC1. The van der Waals surface area contributed by atoms with E-state index in [4.69, 9.17) is 4.74 Å². The Morgan fingerprint density at radius 3 is 2.52 bits per heavy atom. The van der Waals surface area contributed by atoms with Crippen LogP contribution in [-0.2, 0) is 17.5 Å². The van der Waals surface area contributed by atoms with Gasteiger partial charge in [0.25, 0.3) is 0 Å². The zero-order valence-corrected chi connectivity index (χ0v) is 13.3. The van der Waals surface area contributed by atoms with Crippen LogP contribution in [0.5, 0.6) is 0 Å². The van der Waals surface area contributed by atoms with Crippen molar-refractivity contribution in [2.24, 2.45) is 5.92 Å². The summed E-state index contributed by atoms with van der Waals surface area (Å²) in [5, 5.41) is 3.50. The van der Waals surface area contributed by atoms with E-state index in [0.29, 0.717) is 17.5 Å². The van der Waals surface area contributed by atoms with Crippen molar-refractivity contribution in [2.45, 2.75) is 58.5 Å². The van der Waals surface area contributed by atoms with Crippen molar-refractivity contribution in [2.75, 3.05) is 6.61 Å². The van der Waals surface area contributed by atoms with Crippen LogP contribution in [0.3, 0.4) is 0 Å². The first-order valence-electron chi connectivity index (χ1n) is 7.24. The van der Waals surface area contributed by atoms with Gasteiger partial charge in [-0.3, -0.25) is 0 Å². The number of halogens is 3. The van der Waals surface area contributed by atoms with E-state index in [2.05, 4.69) is 10.3 Å². The van der Waals surface area contributed by atoms with Crippen LogP contribution in [0.25, 0.3) is 0 Å². The van der Waals surface area contributed by atoms with Crippen LogP contribution in [-0.4, -0.2) is 17.6 Å². The molecule has 120 valence electrons. The summed E-state index contributed by atoms with van der Waals surface area (Å²) in [5.74, 6) is 0.322. The van der Waals surface area contributed by atoms with E-state index in [0.717, 1.165) is 24.2 Å². The lowest BCUT2D eigenvalue weighted by Crippen LogP contribution is -2.23. The number of hydrogen-bond donors (Lipinski definition) is 1. The molecular formula is C14H21F3N2OS. The predicted octanol–water partition coefficient (Wildman–Crippen LogP) is 4.15. The van der Waals surface area contributed by atoms with Gasteiger partial charge in [-0.2, -0.15) is 13.2 Å². The highest BCUT2D eigenvalue weighted by Gasteiger charge is 2.41. The van der Waals surface area contributed by atoms with Crippen molar-refractivity contribution in [1.82, 2.24) is 10.3 Å². The molecule has 0 bridgehead atoms. The van der Waals surface area contributed by atoms with Crippen molar-refractivity contribution in [3.8, 4) is 0 Å². The molecule has 1 heterocycles. The van der Waals surface area contributed by atoms with Crippen LogP contribution < -0.4 is 5.32 Å². The molecule has 0 saturated heterocycles. The lowest BCUT2D eigenvalue weighted by Gasteiger charge is -2.13. The Morgan fingerprint density at radius 1 is 1.38 bits per heavy atom. The number of aromatic nitrogens is 1. The van der Waals surface area contributed by atoms with Crippen LogP contribution in [0.15, 0.2) is 0 Å². The average Bonchev–Trinajstić information content (AvgIpc) is 3.11. The molecule has 0 aromatic carbocycles. The lowest BCUT2D eigenvalue weighted by atomic mass is 10.2. The lowest BCUT2D eigenvalue weighted by molar-refractivity contribution is -0.141. The van der Waals surface area contributed by atoms with Crippen molar-refractivity contribution in [3.05, 3.63) is 15.6 Å². The van der Waals surface area contributed by atoms with Crippen molar-refractivity contribution < 1.29 is 17.9 Å². The molecule has 21 heavy (non-hydrogen) atoms. The highest BCUT2D eigenvalue weighted by molar-refractivity contribution is 7.11. The molecule has 1 aromatic heterocycles. The minimum atomic E-state index is -4.41. The third kappa shape index (κ3) is 4.40. The van der Waals surface area contributed by atoms with Gasteiger partial charge in [-0.15, -0.1) is 11.3 Å². The van der Waals surface area contributed by atoms with Gasteiger partial charge in [0.1, 0.15) is 11.1 Å². The van der Waals surface area contributed by atoms with E-state index in [-0.39, 0.29) is 23.6 Å². The maximum atomic E-state index is 13.1. The van der Waals surface area contributed by atoms with Crippen molar-refractivity contribution >= 4 is 11.3 Å². The zero-order chi connectivity index (χ0) is 15.6. The van der Waals surface area contributed by atoms with Gasteiger partial charge in [0.05, 0.1) is 4.88 Å². The molecular weight excluding hydrogens is 301 g/mol. The summed E-state index contributed by atoms with van der Waals surface area (Å²) in [6.45, 7) is 6.34. The quantitative estimate of drug-likeness (QED) is 0.819. The molecule has 7 heteroatoms. The van der Waals surface area contributed by atoms with Gasteiger partial charge in [-0.05, 0) is 25.7 Å². The summed E-state index contributed by atoms with van der Waals surface area (Å²) < 4.78 is 45.0. The monoisotopic (exact) mass is 322 g/mol. The second-order valence-electron chi connectivity index (χ2n) is 5.57. The Labute approximate surface area is 126 Å². The first-order valence-corrected chi connectivity index (χ1v) is 8.06. The minimum absolute atomic E-state index is 0.128. The third-order valence-electron chi connectivity index (χ3n) is 3.29. The molecule has 1 fully saturated rings. The van der Waals surface area contributed by atoms with Crippen molar-refractivity contribution in [3.63, 3.8) is 0 Å². The normalized spacial score (nSPS) is 17.5. The van der Waals surface area contributed by atoms with Gasteiger partial charge in [0.2, 0.25) is 0 Å². The molecule has 1 atom stereocenters. The summed E-state index contributed by atoms with van der Waals surface area (Å²) in [6.07, 6.45) is -2.69. The topological polar surface area (TPSA) is 34.1 Å². The number of ether oxygens (including phenoxy) is 1. The smallest absolute Gasteiger partial charge is 0.371 e. The maximum absolute atomic E-state index is 13.1. The summed E-state index contributed by atoms with van der Waals surface area (Å²) in [5.41, 5.74) is -0.763. The summed E-state index contributed by atoms with van der Waals surface area (Å²) in [4.78, 5) is 4.11. The van der Waals surface area contributed by atoms with Crippen LogP contribution >= 0.6 is 11.3 Å². The van der Waals surface area contributed by atoms with E-state index in [1.165, 1.54) is 0 Å². The third-order valence-corrected chi connectivity index (χ3v) is 4.41. The Bertz CT molecular complexity index is 469. The molecule has 1 N–H and O–H groups in total.